The first-order valence-corrected chi connectivity index (χ1v) is 5.49. The zero-order valence-corrected chi connectivity index (χ0v) is 10.3. The summed E-state index contributed by atoms with van der Waals surface area (Å²) in [6.45, 7) is 3.63. The molecule has 0 aliphatic heterocycles. The van der Waals surface area contributed by atoms with Crippen LogP contribution in [0.3, 0.4) is 0 Å². The lowest BCUT2D eigenvalue weighted by atomic mass is 10.1. The smallest absolute Gasteiger partial charge is 0.352 e. The standard InChI is InChI=1S/C14H15NO3/c1-3-4-8-12(14(17)18)15-13(16)11-7-5-6-10(2)9-11/h3-9H,1-2H3,(H,15,16)(H,17,18). The van der Waals surface area contributed by atoms with Crippen LogP contribution in [0.4, 0.5) is 0 Å². The summed E-state index contributed by atoms with van der Waals surface area (Å²) in [5.74, 6) is -1.61. The van der Waals surface area contributed by atoms with Crippen LogP contribution in [0.2, 0.25) is 0 Å². The lowest BCUT2D eigenvalue weighted by Crippen LogP contribution is -2.27. The fourth-order valence-corrected chi connectivity index (χ4v) is 1.34. The Balaban J connectivity index is 2.89. The third-order valence-corrected chi connectivity index (χ3v) is 2.21. The fraction of sp³-hybridized carbons (Fsp3) is 0.143. The number of carbonyl (C=O) groups excluding carboxylic acids is 1. The van der Waals surface area contributed by atoms with Crippen molar-refractivity contribution in [3.05, 3.63) is 59.3 Å². The minimum absolute atomic E-state index is 0.153. The van der Waals surface area contributed by atoms with Crippen molar-refractivity contribution < 1.29 is 14.7 Å². The molecule has 0 radical (unpaired) electrons. The number of allylic oxidation sites excluding steroid dienone is 3. The SMILES string of the molecule is CC=CC=C(NC(=O)c1cccc(C)c1)C(=O)O. The lowest BCUT2D eigenvalue weighted by molar-refractivity contribution is -0.133. The van der Waals surface area contributed by atoms with Crippen LogP contribution >= 0.6 is 0 Å². The molecule has 2 N–H and O–H groups in total. The van der Waals surface area contributed by atoms with Gasteiger partial charge in [-0.1, -0.05) is 29.8 Å². The van der Waals surface area contributed by atoms with Crippen molar-refractivity contribution in [1.82, 2.24) is 5.32 Å². The Hall–Kier alpha value is -2.36. The third kappa shape index (κ3) is 3.90. The maximum Gasteiger partial charge on any atom is 0.352 e. The molecular formula is C14H15NO3. The van der Waals surface area contributed by atoms with Gasteiger partial charge in [0.2, 0.25) is 0 Å². The molecule has 0 aromatic heterocycles. The molecule has 0 saturated heterocycles. The van der Waals surface area contributed by atoms with Crippen molar-refractivity contribution in [3.8, 4) is 0 Å². The maximum absolute atomic E-state index is 11.8. The van der Waals surface area contributed by atoms with E-state index in [-0.39, 0.29) is 5.70 Å². The minimum Gasteiger partial charge on any atom is -0.477 e. The predicted molar refractivity (Wildman–Crippen MR) is 69.2 cm³/mol. The van der Waals surface area contributed by atoms with Crippen LogP contribution in [0.15, 0.2) is 48.2 Å². The number of hydrogen-bond donors (Lipinski definition) is 2. The summed E-state index contributed by atoms with van der Waals surface area (Å²) in [7, 11) is 0. The van der Waals surface area contributed by atoms with Gasteiger partial charge in [0.15, 0.2) is 0 Å². The summed E-state index contributed by atoms with van der Waals surface area (Å²) in [5.41, 5.74) is 1.22. The number of carboxylic acids is 1. The topological polar surface area (TPSA) is 66.4 Å². The van der Waals surface area contributed by atoms with Crippen LogP contribution in [-0.2, 0) is 4.79 Å². The first-order valence-electron chi connectivity index (χ1n) is 5.49. The summed E-state index contributed by atoms with van der Waals surface area (Å²) in [6.07, 6.45) is 4.58. The zero-order chi connectivity index (χ0) is 13.5. The lowest BCUT2D eigenvalue weighted by Gasteiger charge is -2.05. The molecule has 1 amide bonds. The molecule has 94 valence electrons. The molecule has 0 fully saturated rings. The summed E-state index contributed by atoms with van der Waals surface area (Å²) >= 11 is 0. The monoisotopic (exact) mass is 245 g/mol. The minimum atomic E-state index is -1.17. The number of carbonyl (C=O) groups is 2. The second-order valence-corrected chi connectivity index (χ2v) is 3.73. The van der Waals surface area contributed by atoms with Gasteiger partial charge in [0, 0.05) is 5.56 Å². The van der Waals surface area contributed by atoms with Gasteiger partial charge in [-0.25, -0.2) is 4.79 Å². The Labute approximate surface area is 106 Å². The number of hydrogen-bond acceptors (Lipinski definition) is 2. The number of amides is 1. The number of rotatable bonds is 4. The number of aliphatic carboxylic acids is 1. The Morgan fingerprint density at radius 2 is 2.06 bits per heavy atom. The quantitative estimate of drug-likeness (QED) is 0.631. The molecule has 0 bridgehead atoms. The molecule has 1 rings (SSSR count). The van der Waals surface area contributed by atoms with Crippen LogP contribution < -0.4 is 5.32 Å². The Morgan fingerprint density at radius 1 is 1.33 bits per heavy atom. The van der Waals surface area contributed by atoms with Crippen LogP contribution in [0.25, 0.3) is 0 Å². The molecule has 0 atom stereocenters. The average molecular weight is 245 g/mol. The number of aryl methyl sites for hydroxylation is 1. The van der Waals surface area contributed by atoms with E-state index in [0.717, 1.165) is 5.56 Å². The van der Waals surface area contributed by atoms with Crippen LogP contribution in [0.5, 0.6) is 0 Å². The summed E-state index contributed by atoms with van der Waals surface area (Å²) in [4.78, 5) is 22.8. The summed E-state index contributed by atoms with van der Waals surface area (Å²) < 4.78 is 0. The molecule has 18 heavy (non-hydrogen) atoms. The molecule has 4 heteroatoms. The van der Waals surface area contributed by atoms with Gasteiger partial charge in [0.25, 0.3) is 5.91 Å². The average Bonchev–Trinajstić information content (AvgIpc) is 2.33. The van der Waals surface area contributed by atoms with Gasteiger partial charge in [-0.15, -0.1) is 0 Å². The maximum atomic E-state index is 11.8. The van der Waals surface area contributed by atoms with E-state index in [9.17, 15) is 9.59 Å². The van der Waals surface area contributed by atoms with Crippen molar-refractivity contribution in [2.24, 2.45) is 0 Å². The summed E-state index contributed by atoms with van der Waals surface area (Å²) in [6, 6.07) is 6.95. The van der Waals surface area contributed by atoms with Crippen LogP contribution in [-0.4, -0.2) is 17.0 Å². The van der Waals surface area contributed by atoms with Crippen molar-refractivity contribution >= 4 is 11.9 Å². The fourth-order valence-electron chi connectivity index (χ4n) is 1.34. The summed E-state index contributed by atoms with van der Waals surface area (Å²) in [5, 5.41) is 11.3. The van der Waals surface area contributed by atoms with Gasteiger partial charge in [0.1, 0.15) is 5.70 Å². The van der Waals surface area contributed by atoms with E-state index < -0.39 is 11.9 Å². The largest absolute Gasteiger partial charge is 0.477 e. The van der Waals surface area contributed by atoms with Gasteiger partial charge in [-0.2, -0.15) is 0 Å². The van der Waals surface area contributed by atoms with Gasteiger partial charge in [-0.3, -0.25) is 4.79 Å². The molecular weight excluding hydrogens is 230 g/mol. The van der Waals surface area contributed by atoms with E-state index in [1.165, 1.54) is 6.08 Å². The molecule has 0 saturated carbocycles. The molecule has 1 aromatic rings. The first-order chi connectivity index (χ1) is 8.54. The Kier molecular flexibility index (Phi) is 4.87. The van der Waals surface area contributed by atoms with Gasteiger partial charge >= 0.3 is 5.97 Å². The molecule has 0 heterocycles. The number of benzene rings is 1. The van der Waals surface area contributed by atoms with Crippen molar-refractivity contribution in [3.63, 3.8) is 0 Å². The number of carboxylic acid groups (broad SMARTS) is 1. The van der Waals surface area contributed by atoms with E-state index in [0.29, 0.717) is 5.56 Å². The molecule has 1 aromatic carbocycles. The highest BCUT2D eigenvalue weighted by Gasteiger charge is 2.12. The second kappa shape index (κ2) is 6.39. The molecule has 0 aliphatic carbocycles. The highest BCUT2D eigenvalue weighted by molar-refractivity contribution is 6.00. The van der Waals surface area contributed by atoms with Crippen LogP contribution in [0.1, 0.15) is 22.8 Å². The van der Waals surface area contributed by atoms with E-state index in [1.807, 2.05) is 13.0 Å². The second-order valence-electron chi connectivity index (χ2n) is 3.73. The van der Waals surface area contributed by atoms with Gasteiger partial charge in [-0.05, 0) is 32.1 Å². The van der Waals surface area contributed by atoms with Crippen molar-refractivity contribution in [2.75, 3.05) is 0 Å². The molecule has 0 spiro atoms. The predicted octanol–water partition coefficient (Wildman–Crippen LogP) is 2.27. The highest BCUT2D eigenvalue weighted by atomic mass is 16.4. The van der Waals surface area contributed by atoms with E-state index >= 15 is 0 Å². The normalized spacial score (nSPS) is 11.6. The van der Waals surface area contributed by atoms with E-state index in [4.69, 9.17) is 5.11 Å². The third-order valence-electron chi connectivity index (χ3n) is 2.21. The Bertz CT molecular complexity index is 516. The molecule has 4 nitrogen and oxygen atoms in total. The van der Waals surface area contributed by atoms with Gasteiger partial charge in [0.05, 0.1) is 0 Å². The highest BCUT2D eigenvalue weighted by Crippen LogP contribution is 2.04. The van der Waals surface area contributed by atoms with Gasteiger partial charge < -0.3 is 10.4 Å². The first kappa shape index (κ1) is 13.7. The Morgan fingerprint density at radius 3 is 2.61 bits per heavy atom. The van der Waals surface area contributed by atoms with Crippen LogP contribution in [0, 0.1) is 6.92 Å². The molecule has 0 aliphatic rings. The molecule has 0 unspecified atom stereocenters. The zero-order valence-electron chi connectivity index (χ0n) is 10.3. The van der Waals surface area contributed by atoms with E-state index in [1.54, 1.807) is 37.3 Å². The van der Waals surface area contributed by atoms with Crippen molar-refractivity contribution in [2.45, 2.75) is 13.8 Å². The number of nitrogens with one attached hydrogen (secondary N) is 1. The van der Waals surface area contributed by atoms with E-state index in [2.05, 4.69) is 5.32 Å². The van der Waals surface area contributed by atoms with Crippen molar-refractivity contribution in [1.29, 1.82) is 0 Å².